The van der Waals surface area contributed by atoms with Gasteiger partial charge in [0, 0.05) is 23.5 Å². The molecule has 0 bridgehead atoms. The molecule has 0 aliphatic rings. The normalized spacial score (nSPS) is 11.1. The van der Waals surface area contributed by atoms with Crippen LogP contribution in [-0.4, -0.2) is 5.11 Å². The maximum atomic E-state index is 10.1. The summed E-state index contributed by atoms with van der Waals surface area (Å²) in [5.41, 5.74) is 0.936. The Morgan fingerprint density at radius 1 is 1.00 bits per heavy atom. The number of thiophene rings is 1. The maximum Gasteiger partial charge on any atom is 0.120 e. The largest absolute Gasteiger partial charge is 0.508 e. The molecule has 0 saturated heterocycles. The first-order valence-corrected chi connectivity index (χ1v) is 7.58. The van der Waals surface area contributed by atoms with E-state index in [1.165, 1.54) is 4.88 Å². The van der Waals surface area contributed by atoms with Crippen molar-refractivity contribution < 1.29 is 5.11 Å². The van der Waals surface area contributed by atoms with Gasteiger partial charge in [0.2, 0.25) is 0 Å². The lowest BCUT2D eigenvalue weighted by atomic mass is 10.0. The molecule has 0 saturated carbocycles. The highest BCUT2D eigenvalue weighted by Gasteiger charge is 2.06. The van der Waals surface area contributed by atoms with Crippen molar-refractivity contribution in [3.8, 4) is 5.75 Å². The fourth-order valence-corrected chi connectivity index (χ4v) is 3.32. The van der Waals surface area contributed by atoms with Crippen molar-refractivity contribution in [1.29, 1.82) is 0 Å². The lowest BCUT2D eigenvalue weighted by Crippen LogP contribution is -2.12. The zero-order valence-corrected chi connectivity index (χ0v) is 12.3. The Morgan fingerprint density at radius 2 is 1.85 bits per heavy atom. The number of hydrogen-bond donors (Lipinski definition) is 2. The van der Waals surface area contributed by atoms with Gasteiger partial charge < -0.3 is 10.4 Å². The minimum atomic E-state index is 0.334. The molecule has 1 heterocycles. The molecule has 4 heteroatoms. The highest BCUT2D eigenvalue weighted by atomic mass is 35.5. The molecular weight excluding hydrogens is 290 g/mol. The SMILES string of the molecule is Oc1ccc2ccccc2c1CNCc1ccc(Cl)s1. The molecule has 20 heavy (non-hydrogen) atoms. The van der Waals surface area contributed by atoms with Gasteiger partial charge in [-0.2, -0.15) is 0 Å². The van der Waals surface area contributed by atoms with Gasteiger partial charge in [-0.3, -0.25) is 0 Å². The van der Waals surface area contributed by atoms with Gasteiger partial charge in [-0.25, -0.2) is 0 Å². The average Bonchev–Trinajstić information content (AvgIpc) is 2.87. The van der Waals surface area contributed by atoms with Crippen LogP contribution in [0.2, 0.25) is 4.34 Å². The van der Waals surface area contributed by atoms with Gasteiger partial charge in [0.15, 0.2) is 0 Å². The van der Waals surface area contributed by atoms with Crippen molar-refractivity contribution in [3.63, 3.8) is 0 Å². The van der Waals surface area contributed by atoms with Gasteiger partial charge in [-0.05, 0) is 29.0 Å². The summed E-state index contributed by atoms with van der Waals surface area (Å²) in [5, 5.41) is 15.6. The van der Waals surface area contributed by atoms with Crippen molar-refractivity contribution in [1.82, 2.24) is 5.32 Å². The first-order chi connectivity index (χ1) is 9.74. The lowest BCUT2D eigenvalue weighted by molar-refractivity contribution is 0.466. The Morgan fingerprint density at radius 3 is 2.65 bits per heavy atom. The van der Waals surface area contributed by atoms with E-state index >= 15 is 0 Å². The molecule has 0 spiro atoms. The number of nitrogens with one attached hydrogen (secondary N) is 1. The molecule has 2 nitrogen and oxygen atoms in total. The molecule has 0 aliphatic heterocycles. The molecule has 0 unspecified atom stereocenters. The third-order valence-electron chi connectivity index (χ3n) is 3.25. The minimum Gasteiger partial charge on any atom is -0.508 e. The van der Waals surface area contributed by atoms with E-state index in [1.54, 1.807) is 17.4 Å². The number of benzene rings is 2. The number of halogens is 1. The van der Waals surface area contributed by atoms with Crippen molar-refractivity contribution in [2.45, 2.75) is 13.1 Å². The molecule has 102 valence electrons. The van der Waals surface area contributed by atoms with Gasteiger partial charge >= 0.3 is 0 Å². The second-order valence-corrected chi connectivity index (χ2v) is 6.39. The van der Waals surface area contributed by atoms with E-state index in [-0.39, 0.29) is 0 Å². The van der Waals surface area contributed by atoms with Crippen molar-refractivity contribution in [3.05, 3.63) is 63.3 Å². The van der Waals surface area contributed by atoms with Crippen molar-refractivity contribution >= 4 is 33.7 Å². The second kappa shape index (κ2) is 5.83. The number of fused-ring (bicyclic) bond motifs is 1. The average molecular weight is 304 g/mol. The molecule has 1 aromatic heterocycles. The molecule has 2 N–H and O–H groups in total. The van der Waals surface area contributed by atoms with E-state index in [0.29, 0.717) is 12.3 Å². The summed E-state index contributed by atoms with van der Waals surface area (Å²) >= 11 is 7.48. The zero-order valence-electron chi connectivity index (χ0n) is 10.8. The number of rotatable bonds is 4. The third kappa shape index (κ3) is 2.80. The second-order valence-electron chi connectivity index (χ2n) is 4.59. The number of aromatic hydroxyl groups is 1. The fourth-order valence-electron chi connectivity index (χ4n) is 2.27. The van der Waals surface area contributed by atoms with Crippen LogP contribution >= 0.6 is 22.9 Å². The van der Waals surface area contributed by atoms with E-state index in [0.717, 1.165) is 27.2 Å². The summed E-state index contributed by atoms with van der Waals surface area (Å²) in [6.45, 7) is 1.38. The summed E-state index contributed by atoms with van der Waals surface area (Å²) in [6.07, 6.45) is 0. The predicted molar refractivity (Wildman–Crippen MR) is 85.5 cm³/mol. The zero-order chi connectivity index (χ0) is 13.9. The van der Waals surface area contributed by atoms with E-state index in [4.69, 9.17) is 11.6 Å². The quantitative estimate of drug-likeness (QED) is 0.741. The molecule has 2 aromatic carbocycles. The summed E-state index contributed by atoms with van der Waals surface area (Å²) in [6, 6.07) is 15.7. The molecule has 0 fully saturated rings. The van der Waals surface area contributed by atoms with Crippen LogP contribution in [0.4, 0.5) is 0 Å². The Balaban J connectivity index is 1.78. The minimum absolute atomic E-state index is 0.334. The number of phenols is 1. The number of phenolic OH excluding ortho intramolecular Hbond substituents is 1. The van der Waals surface area contributed by atoms with E-state index in [9.17, 15) is 5.11 Å². The first-order valence-electron chi connectivity index (χ1n) is 6.38. The monoisotopic (exact) mass is 303 g/mol. The Kier molecular flexibility index (Phi) is 3.92. The van der Waals surface area contributed by atoms with Crippen LogP contribution in [0.25, 0.3) is 10.8 Å². The summed E-state index contributed by atoms with van der Waals surface area (Å²) in [7, 11) is 0. The highest BCUT2D eigenvalue weighted by molar-refractivity contribution is 7.16. The fraction of sp³-hybridized carbons (Fsp3) is 0.125. The molecule has 3 aromatic rings. The summed E-state index contributed by atoms with van der Waals surface area (Å²) in [4.78, 5) is 1.19. The first kappa shape index (κ1) is 13.4. The van der Waals surface area contributed by atoms with Crippen LogP contribution < -0.4 is 5.32 Å². The molecule has 0 aliphatic carbocycles. The highest BCUT2D eigenvalue weighted by Crippen LogP contribution is 2.27. The van der Waals surface area contributed by atoms with Gasteiger partial charge in [0.05, 0.1) is 4.34 Å². The van der Waals surface area contributed by atoms with Crippen LogP contribution in [0, 0.1) is 0 Å². The van der Waals surface area contributed by atoms with E-state index < -0.39 is 0 Å². The van der Waals surface area contributed by atoms with Gasteiger partial charge in [0.25, 0.3) is 0 Å². The number of hydrogen-bond acceptors (Lipinski definition) is 3. The Labute approximate surface area is 126 Å². The van der Waals surface area contributed by atoms with Crippen molar-refractivity contribution in [2.24, 2.45) is 0 Å². The Hall–Kier alpha value is -1.55. The van der Waals surface area contributed by atoms with Crippen LogP contribution in [0.5, 0.6) is 5.75 Å². The molecular formula is C16H14ClNOS. The van der Waals surface area contributed by atoms with E-state index in [2.05, 4.69) is 11.4 Å². The topological polar surface area (TPSA) is 32.3 Å². The predicted octanol–water partition coefficient (Wildman–Crippen LogP) is 4.55. The summed E-state index contributed by atoms with van der Waals surface area (Å²) < 4.78 is 0.801. The van der Waals surface area contributed by atoms with Crippen molar-refractivity contribution in [2.75, 3.05) is 0 Å². The van der Waals surface area contributed by atoms with Crippen LogP contribution in [0.15, 0.2) is 48.5 Å². The Bertz CT molecular complexity index is 738. The van der Waals surface area contributed by atoms with Crippen LogP contribution in [0.1, 0.15) is 10.4 Å². The summed E-state index contributed by atoms with van der Waals surface area (Å²) in [5.74, 6) is 0.334. The van der Waals surface area contributed by atoms with E-state index in [1.807, 2.05) is 36.4 Å². The smallest absolute Gasteiger partial charge is 0.120 e. The molecule has 3 rings (SSSR count). The lowest BCUT2D eigenvalue weighted by Gasteiger charge is -2.10. The molecule has 0 amide bonds. The van der Waals surface area contributed by atoms with Gasteiger partial charge in [0.1, 0.15) is 5.75 Å². The maximum absolute atomic E-state index is 10.1. The molecule has 0 atom stereocenters. The van der Waals surface area contributed by atoms with Gasteiger partial charge in [-0.1, -0.05) is 41.9 Å². The van der Waals surface area contributed by atoms with Gasteiger partial charge in [-0.15, -0.1) is 11.3 Å². The standard InChI is InChI=1S/C16H14ClNOS/c17-16-8-6-12(20-16)9-18-10-14-13-4-2-1-3-11(13)5-7-15(14)19/h1-8,18-19H,9-10H2. The third-order valence-corrected chi connectivity index (χ3v) is 4.48. The van der Waals surface area contributed by atoms with Crippen LogP contribution in [-0.2, 0) is 13.1 Å². The van der Waals surface area contributed by atoms with Crippen LogP contribution in [0.3, 0.4) is 0 Å². The molecule has 0 radical (unpaired) electrons.